The first-order valence-electron chi connectivity index (χ1n) is 13.0. The minimum atomic E-state index is -0.562. The number of aryl methyl sites for hydroxylation is 1. The van der Waals surface area contributed by atoms with Crippen LogP contribution in [0.25, 0.3) is 0 Å². The first-order valence-corrected chi connectivity index (χ1v) is 13.8. The van der Waals surface area contributed by atoms with Crippen LogP contribution in [0.3, 0.4) is 0 Å². The molecule has 3 aromatic rings. The summed E-state index contributed by atoms with van der Waals surface area (Å²) in [6.45, 7) is 16.4. The number of thiophene rings is 1. The molecular formula is C30H40N4OS. The van der Waals surface area contributed by atoms with Crippen LogP contribution in [0.1, 0.15) is 71.3 Å². The Hall–Kier alpha value is -2.70. The number of benzene rings is 1. The lowest BCUT2D eigenvalue weighted by molar-refractivity contribution is -0.115. The Labute approximate surface area is 220 Å². The molecule has 0 saturated carbocycles. The van der Waals surface area contributed by atoms with E-state index in [0.29, 0.717) is 5.92 Å². The number of aromatic nitrogens is 1. The van der Waals surface area contributed by atoms with E-state index in [9.17, 15) is 4.79 Å². The topological polar surface area (TPSA) is 71.2 Å². The van der Waals surface area contributed by atoms with Gasteiger partial charge >= 0.3 is 0 Å². The number of nitrogens with two attached hydrogens (primary N) is 1. The van der Waals surface area contributed by atoms with Crippen LogP contribution in [0.15, 0.2) is 36.5 Å². The summed E-state index contributed by atoms with van der Waals surface area (Å²) in [5.41, 5.74) is 13.8. The molecule has 1 aliphatic rings. The van der Waals surface area contributed by atoms with Crippen LogP contribution in [-0.2, 0) is 24.3 Å². The minimum absolute atomic E-state index is 0.0570. The Balaban J connectivity index is 1.68. The molecule has 3 heterocycles. The number of anilines is 2. The minimum Gasteiger partial charge on any atom is -0.397 e. The van der Waals surface area contributed by atoms with Crippen molar-refractivity contribution >= 4 is 29.0 Å². The molecule has 2 aromatic heterocycles. The molecule has 1 aliphatic heterocycles. The molecule has 0 aliphatic carbocycles. The first kappa shape index (κ1) is 26.4. The summed E-state index contributed by atoms with van der Waals surface area (Å²) in [5.74, 6) is 0.501. The normalized spacial score (nSPS) is 17.3. The summed E-state index contributed by atoms with van der Waals surface area (Å²) < 4.78 is 0. The summed E-state index contributed by atoms with van der Waals surface area (Å²) in [6.07, 6.45) is 4.03. The molecule has 192 valence electrons. The van der Waals surface area contributed by atoms with Crippen LogP contribution in [-0.4, -0.2) is 29.3 Å². The average molecular weight is 505 g/mol. The number of nitrogens with zero attached hydrogens (tertiary/aromatic N) is 2. The van der Waals surface area contributed by atoms with Gasteiger partial charge in [-0.1, -0.05) is 32.9 Å². The Kier molecular flexibility index (Phi) is 7.86. The molecule has 0 fully saturated rings. The molecule has 0 saturated heterocycles. The predicted octanol–water partition coefficient (Wildman–Crippen LogP) is 6.33. The van der Waals surface area contributed by atoms with E-state index in [1.807, 2.05) is 37.4 Å². The van der Waals surface area contributed by atoms with Crippen molar-refractivity contribution in [3.8, 4) is 0 Å². The quantitative estimate of drug-likeness (QED) is 0.277. The lowest BCUT2D eigenvalue weighted by Gasteiger charge is -2.31. The number of pyridine rings is 1. The van der Waals surface area contributed by atoms with Crippen molar-refractivity contribution in [3.05, 3.63) is 74.2 Å². The van der Waals surface area contributed by atoms with Crippen LogP contribution in [0.2, 0.25) is 0 Å². The van der Waals surface area contributed by atoms with Gasteiger partial charge in [0, 0.05) is 59.2 Å². The number of nitrogen functional groups attached to an aromatic ring is 1. The second-order valence-electron chi connectivity index (χ2n) is 11.0. The van der Waals surface area contributed by atoms with Gasteiger partial charge < -0.3 is 15.8 Å². The van der Waals surface area contributed by atoms with E-state index >= 15 is 0 Å². The maximum atomic E-state index is 12.3. The van der Waals surface area contributed by atoms with Crippen molar-refractivity contribution in [3.63, 3.8) is 0 Å². The number of fused-ring (bicyclic) bond motifs is 1. The monoisotopic (exact) mass is 504 g/mol. The number of carbonyl (C=O) groups is 1. The summed E-state index contributed by atoms with van der Waals surface area (Å²) in [4.78, 5) is 22.1. The van der Waals surface area contributed by atoms with Gasteiger partial charge in [0.2, 0.25) is 0 Å². The fraction of sp³-hybridized carbons (Fsp3) is 0.467. The van der Waals surface area contributed by atoms with Crippen LogP contribution in [0.4, 0.5) is 11.4 Å². The van der Waals surface area contributed by atoms with Crippen LogP contribution >= 0.6 is 11.3 Å². The molecule has 3 N–H and O–H groups in total. The van der Waals surface area contributed by atoms with E-state index in [4.69, 9.17) is 5.73 Å². The van der Waals surface area contributed by atoms with Gasteiger partial charge in [-0.3, -0.25) is 9.88 Å². The maximum absolute atomic E-state index is 12.3. The van der Waals surface area contributed by atoms with E-state index in [2.05, 4.69) is 67.2 Å². The van der Waals surface area contributed by atoms with Gasteiger partial charge in [0.15, 0.2) is 0 Å². The van der Waals surface area contributed by atoms with Gasteiger partial charge in [0.25, 0.3) is 0 Å². The van der Waals surface area contributed by atoms with E-state index in [1.54, 1.807) is 0 Å². The van der Waals surface area contributed by atoms with E-state index in [1.165, 1.54) is 26.6 Å². The number of carbonyl (C=O) groups excluding carboxylic acids is 1. The summed E-state index contributed by atoms with van der Waals surface area (Å²) in [6, 6.07) is 10.8. The van der Waals surface area contributed by atoms with Crippen LogP contribution < -0.4 is 11.1 Å². The number of aldehydes is 1. The molecule has 36 heavy (non-hydrogen) atoms. The molecule has 0 radical (unpaired) electrons. The zero-order chi connectivity index (χ0) is 26.0. The second-order valence-corrected chi connectivity index (χ2v) is 12.2. The van der Waals surface area contributed by atoms with Crippen LogP contribution in [0.5, 0.6) is 0 Å². The highest BCUT2D eigenvalue weighted by molar-refractivity contribution is 7.12. The zero-order valence-corrected chi connectivity index (χ0v) is 23.3. The van der Waals surface area contributed by atoms with Crippen LogP contribution in [0, 0.1) is 25.2 Å². The highest BCUT2D eigenvalue weighted by atomic mass is 32.1. The standard InChI is InChI=1S/C30H40N4OS/c1-7-32-25-11-10-24(20(3)29(25)31)28(30(5,6)18-35)27-14-23(21(4)36-27)17-34-15-19(2)13-26-22(16-34)9-8-12-33-26/h8-12,14,18-19,28,32H,7,13,15-17,31H2,1-6H3. The lowest BCUT2D eigenvalue weighted by Crippen LogP contribution is -2.26. The molecule has 1 aromatic carbocycles. The fourth-order valence-corrected chi connectivity index (χ4v) is 6.89. The van der Waals surface area contributed by atoms with Gasteiger partial charge in [0.05, 0.1) is 11.4 Å². The molecule has 5 nitrogen and oxygen atoms in total. The SMILES string of the molecule is CCNc1ccc(C(c2cc(CN3Cc4cccnc4CC(C)C3)c(C)s2)C(C)(C)C=O)c(C)c1N. The second kappa shape index (κ2) is 10.7. The van der Waals surface area contributed by atoms with Gasteiger partial charge in [-0.05, 0) is 73.6 Å². The third-order valence-corrected chi connectivity index (χ3v) is 8.65. The summed E-state index contributed by atoms with van der Waals surface area (Å²) in [7, 11) is 0. The van der Waals surface area contributed by atoms with Crippen molar-refractivity contribution in [2.24, 2.45) is 11.3 Å². The van der Waals surface area contributed by atoms with Gasteiger partial charge in [-0.25, -0.2) is 0 Å². The molecule has 0 spiro atoms. The Morgan fingerprint density at radius 3 is 2.81 bits per heavy atom. The van der Waals surface area contributed by atoms with Crippen molar-refractivity contribution in [2.45, 2.75) is 67.0 Å². The molecule has 2 unspecified atom stereocenters. The number of hydrogen-bond donors (Lipinski definition) is 2. The average Bonchev–Trinajstić information content (AvgIpc) is 3.09. The molecular weight excluding hydrogens is 464 g/mol. The molecule has 4 rings (SSSR count). The van der Waals surface area contributed by atoms with Crippen molar-refractivity contribution < 1.29 is 4.79 Å². The highest BCUT2D eigenvalue weighted by Gasteiger charge is 2.35. The Morgan fingerprint density at radius 1 is 1.31 bits per heavy atom. The summed E-state index contributed by atoms with van der Waals surface area (Å²) >= 11 is 1.81. The predicted molar refractivity (Wildman–Crippen MR) is 152 cm³/mol. The van der Waals surface area contributed by atoms with Crippen molar-refractivity contribution in [1.29, 1.82) is 0 Å². The Bertz CT molecular complexity index is 1230. The first-order chi connectivity index (χ1) is 17.1. The van der Waals surface area contributed by atoms with Gasteiger partial charge in [0.1, 0.15) is 6.29 Å². The third kappa shape index (κ3) is 5.35. The molecule has 0 bridgehead atoms. The number of hydrogen-bond acceptors (Lipinski definition) is 6. The molecule has 0 amide bonds. The fourth-order valence-electron chi connectivity index (χ4n) is 5.54. The Morgan fingerprint density at radius 2 is 2.08 bits per heavy atom. The van der Waals surface area contributed by atoms with E-state index < -0.39 is 5.41 Å². The smallest absolute Gasteiger partial charge is 0.126 e. The van der Waals surface area contributed by atoms with E-state index in [-0.39, 0.29) is 5.92 Å². The summed E-state index contributed by atoms with van der Waals surface area (Å²) in [5, 5.41) is 3.35. The number of nitrogens with one attached hydrogen (secondary N) is 1. The van der Waals surface area contributed by atoms with Crippen molar-refractivity contribution in [2.75, 3.05) is 24.1 Å². The largest absolute Gasteiger partial charge is 0.397 e. The number of rotatable bonds is 8. The third-order valence-electron chi connectivity index (χ3n) is 7.49. The van der Waals surface area contributed by atoms with Crippen molar-refractivity contribution in [1.82, 2.24) is 9.88 Å². The lowest BCUT2D eigenvalue weighted by atomic mass is 9.73. The zero-order valence-electron chi connectivity index (χ0n) is 22.5. The molecule has 2 atom stereocenters. The van der Waals surface area contributed by atoms with Gasteiger partial charge in [-0.15, -0.1) is 11.3 Å². The van der Waals surface area contributed by atoms with E-state index in [0.717, 1.165) is 61.4 Å². The maximum Gasteiger partial charge on any atom is 0.126 e. The molecule has 6 heteroatoms. The highest BCUT2D eigenvalue weighted by Crippen LogP contribution is 2.46. The van der Waals surface area contributed by atoms with Gasteiger partial charge in [-0.2, -0.15) is 0 Å².